The van der Waals surface area contributed by atoms with Crippen molar-refractivity contribution in [1.82, 2.24) is 0 Å². The lowest BCUT2D eigenvalue weighted by molar-refractivity contribution is -0.461. The first-order valence-electron chi connectivity index (χ1n) is 20.4. The van der Waals surface area contributed by atoms with Crippen molar-refractivity contribution >= 4 is 26.1 Å². The number of esters is 1. The van der Waals surface area contributed by atoms with E-state index in [0.717, 1.165) is 0 Å². The number of carbonyl (C=O) groups excluding carboxylic acids is 2. The van der Waals surface area contributed by atoms with E-state index in [1.165, 1.54) is 66.0 Å². The number of nitrogens with one attached hydrogen (secondary N) is 1. The van der Waals surface area contributed by atoms with E-state index in [4.69, 9.17) is 23.4 Å². The number of hydrogen-bond donors (Lipinski definition) is 1. The maximum atomic E-state index is 15.0. The van der Waals surface area contributed by atoms with E-state index in [1.807, 2.05) is 0 Å². The van der Waals surface area contributed by atoms with E-state index in [0.29, 0.717) is 22.6 Å². The van der Waals surface area contributed by atoms with Crippen LogP contribution in [0.25, 0.3) is 0 Å². The summed E-state index contributed by atoms with van der Waals surface area (Å²) in [5.74, 6) is -57.2. The number of halogens is 17. The van der Waals surface area contributed by atoms with E-state index in [1.54, 1.807) is 44.2 Å². The number of methoxy groups -OCH3 is 1. The Morgan fingerprint density at radius 2 is 1.13 bits per heavy atom. The summed E-state index contributed by atoms with van der Waals surface area (Å²) in [6.45, 7) is 9.34. The molecular formula is C42H50F17NO7Si. The quantitative estimate of drug-likeness (QED) is 0.0348. The fraction of sp³-hybridized carbons (Fsp3) is 0.619. The summed E-state index contributed by atoms with van der Waals surface area (Å²) in [5.41, 5.74) is -0.700. The van der Waals surface area contributed by atoms with Crippen LogP contribution < -0.4 is 14.8 Å². The summed E-state index contributed by atoms with van der Waals surface area (Å²) in [5, 5.41) is 2.59. The first-order valence-corrected chi connectivity index (χ1v) is 22.7. The zero-order valence-electron chi connectivity index (χ0n) is 37.5. The zero-order chi connectivity index (χ0) is 52.7. The normalized spacial score (nSPS) is 15.0. The third kappa shape index (κ3) is 12.3. The molecule has 0 fully saturated rings. The minimum Gasteiger partial charge on any atom is -0.497 e. The molecule has 2 aromatic rings. The summed E-state index contributed by atoms with van der Waals surface area (Å²) in [6.07, 6.45) is -10.4. The average molecular weight is 1030 g/mol. The SMILES string of the molecule is CCOC(=O)/C(C)=C/C[C@@H](C)[C@@H](OC(=O)Nc1ccc(OC)cc1)c1ccc(OCCO[Si](CCC(F)(F)C(F)(F)C(F)(F)C(F)(F)C(F)(F)C(F)(F)C(F)(F)C(F)(F)F)(C(C)C)C(C)C)cc1. The smallest absolute Gasteiger partial charge is 0.460 e. The van der Waals surface area contributed by atoms with Gasteiger partial charge in [0.1, 0.15) is 24.2 Å². The molecule has 1 amide bonds. The summed E-state index contributed by atoms with van der Waals surface area (Å²) in [4.78, 5) is 25.2. The largest absolute Gasteiger partial charge is 0.497 e. The van der Waals surface area contributed by atoms with Crippen molar-refractivity contribution < 1.29 is 108 Å². The Balaban J connectivity index is 2.32. The molecule has 0 aliphatic carbocycles. The van der Waals surface area contributed by atoms with Crippen LogP contribution in [0.3, 0.4) is 0 Å². The van der Waals surface area contributed by atoms with Gasteiger partial charge < -0.3 is 23.4 Å². The standard InChI is InChI=1S/C42H50F17NO7Si/c1-9-64-33(61)27(7)11-10-26(6)32(67-34(62)60-29-14-18-30(63-8)19-15-29)28-12-16-31(17-13-28)65-21-22-66-68(24(2)3,25(4)5)23-20-35(43,44)36(45,46)37(47,48)38(49,50)39(51,52)40(53,54)41(55,56)42(57,58)59/h11-19,24-26,32H,9-10,20-23H2,1-8H3,(H,60,62)/b27-11+/t26-,32-/m1/s1. The molecule has 8 nitrogen and oxygen atoms in total. The van der Waals surface area contributed by atoms with Gasteiger partial charge in [0.05, 0.1) is 20.3 Å². The molecule has 2 aromatic carbocycles. The van der Waals surface area contributed by atoms with Crippen molar-refractivity contribution in [2.24, 2.45) is 5.92 Å². The first-order chi connectivity index (χ1) is 30.9. The third-order valence-corrected chi connectivity index (χ3v) is 16.7. The van der Waals surface area contributed by atoms with Crippen LogP contribution in [-0.4, -0.2) is 94.9 Å². The highest BCUT2D eigenvalue weighted by Crippen LogP contribution is 2.64. The number of ether oxygens (including phenoxy) is 4. The molecule has 2 rings (SSSR count). The molecule has 68 heavy (non-hydrogen) atoms. The van der Waals surface area contributed by atoms with Crippen LogP contribution in [0.4, 0.5) is 85.1 Å². The number of benzene rings is 2. The lowest BCUT2D eigenvalue weighted by Crippen LogP contribution is -2.74. The Bertz CT molecular complexity index is 1990. The first kappa shape index (κ1) is 59.6. The van der Waals surface area contributed by atoms with Gasteiger partial charge in [-0.3, -0.25) is 5.32 Å². The monoisotopic (exact) mass is 1030 g/mol. The molecule has 0 unspecified atom stereocenters. The molecule has 0 bridgehead atoms. The van der Waals surface area contributed by atoms with E-state index in [-0.39, 0.29) is 18.8 Å². The van der Waals surface area contributed by atoms with Crippen LogP contribution in [0.5, 0.6) is 11.5 Å². The van der Waals surface area contributed by atoms with Gasteiger partial charge >= 0.3 is 59.7 Å². The van der Waals surface area contributed by atoms with Gasteiger partial charge in [-0.25, -0.2) is 9.59 Å². The highest BCUT2D eigenvalue weighted by Gasteiger charge is 2.95. The van der Waals surface area contributed by atoms with Crippen molar-refractivity contribution in [2.45, 2.75) is 132 Å². The molecule has 0 aliphatic heterocycles. The van der Waals surface area contributed by atoms with Crippen molar-refractivity contribution in [1.29, 1.82) is 0 Å². The fourth-order valence-corrected chi connectivity index (χ4v) is 11.2. The Kier molecular flexibility index (Phi) is 19.4. The summed E-state index contributed by atoms with van der Waals surface area (Å²) in [6, 6.07) is 10.8. The Hall–Kier alpha value is -4.49. The molecule has 0 spiro atoms. The van der Waals surface area contributed by atoms with Crippen LogP contribution in [0, 0.1) is 5.92 Å². The van der Waals surface area contributed by atoms with Crippen molar-refractivity contribution in [2.75, 3.05) is 32.2 Å². The molecule has 0 aromatic heterocycles. The van der Waals surface area contributed by atoms with Crippen LogP contribution in [0.15, 0.2) is 60.2 Å². The number of anilines is 1. The van der Waals surface area contributed by atoms with Gasteiger partial charge in [-0.15, -0.1) is 0 Å². The second-order valence-electron chi connectivity index (χ2n) is 16.2. The van der Waals surface area contributed by atoms with Crippen LogP contribution >= 0.6 is 0 Å². The van der Waals surface area contributed by atoms with Crippen molar-refractivity contribution in [3.05, 3.63) is 65.7 Å². The third-order valence-electron chi connectivity index (χ3n) is 11.0. The summed E-state index contributed by atoms with van der Waals surface area (Å²) in [7, 11) is -2.57. The highest BCUT2D eigenvalue weighted by atomic mass is 28.4. The van der Waals surface area contributed by atoms with E-state index in [9.17, 15) is 75.4 Å². The van der Waals surface area contributed by atoms with Gasteiger partial charge in [-0.2, -0.15) is 74.6 Å². The van der Waals surface area contributed by atoms with Gasteiger partial charge in [0, 0.05) is 23.6 Å². The fourth-order valence-electron chi connectivity index (χ4n) is 6.76. The molecule has 0 radical (unpaired) electrons. The molecule has 0 aliphatic rings. The predicted octanol–water partition coefficient (Wildman–Crippen LogP) is 14.1. The maximum absolute atomic E-state index is 15.0. The van der Waals surface area contributed by atoms with Gasteiger partial charge in [-0.1, -0.05) is 52.8 Å². The minimum absolute atomic E-state index is 0.121. The van der Waals surface area contributed by atoms with Gasteiger partial charge in [0.2, 0.25) is 0 Å². The number of carbonyl (C=O) groups is 2. The number of rotatable bonds is 25. The predicted molar refractivity (Wildman–Crippen MR) is 214 cm³/mol. The molecular weight excluding hydrogens is 982 g/mol. The second kappa shape index (κ2) is 22.1. The number of hydrogen-bond acceptors (Lipinski definition) is 7. The summed E-state index contributed by atoms with van der Waals surface area (Å²) >= 11 is 0. The van der Waals surface area contributed by atoms with E-state index >= 15 is 8.78 Å². The topological polar surface area (TPSA) is 92.3 Å². The lowest BCUT2D eigenvalue weighted by atomic mass is 9.88. The van der Waals surface area contributed by atoms with E-state index < -0.39 is 117 Å². The molecule has 0 saturated carbocycles. The molecule has 26 heteroatoms. The molecule has 2 atom stereocenters. The molecule has 388 valence electrons. The molecule has 0 heterocycles. The second-order valence-corrected chi connectivity index (χ2v) is 21.2. The Labute approximate surface area is 381 Å². The van der Waals surface area contributed by atoms with Crippen molar-refractivity contribution in [3.8, 4) is 11.5 Å². The zero-order valence-corrected chi connectivity index (χ0v) is 38.5. The lowest BCUT2D eigenvalue weighted by Gasteiger charge is -2.44. The molecule has 0 saturated heterocycles. The number of alkyl halides is 17. The highest BCUT2D eigenvalue weighted by molar-refractivity contribution is 6.76. The van der Waals surface area contributed by atoms with Crippen LogP contribution in [0.1, 0.15) is 73.0 Å². The van der Waals surface area contributed by atoms with Crippen LogP contribution in [0.2, 0.25) is 17.1 Å². The van der Waals surface area contributed by atoms with Gasteiger partial charge in [0.15, 0.2) is 8.32 Å². The Morgan fingerprint density at radius 1 is 0.662 bits per heavy atom. The van der Waals surface area contributed by atoms with Gasteiger partial charge in [-0.05, 0) is 79.4 Å². The summed E-state index contributed by atoms with van der Waals surface area (Å²) < 4.78 is 264. The molecule has 1 N–H and O–H groups in total. The van der Waals surface area contributed by atoms with Crippen molar-refractivity contribution in [3.63, 3.8) is 0 Å². The minimum atomic E-state index is -8.70. The Morgan fingerprint density at radius 3 is 1.59 bits per heavy atom. The number of allylic oxidation sites excluding steroid dienone is 1. The van der Waals surface area contributed by atoms with Gasteiger partial charge in [0.25, 0.3) is 0 Å². The average Bonchev–Trinajstić information content (AvgIpc) is 3.23. The number of amides is 1. The van der Waals surface area contributed by atoms with E-state index in [2.05, 4.69) is 5.32 Å². The van der Waals surface area contributed by atoms with Crippen LogP contribution in [-0.2, 0) is 18.7 Å². The maximum Gasteiger partial charge on any atom is 0.460 e.